The van der Waals surface area contributed by atoms with E-state index in [1.165, 1.54) is 6.07 Å². The minimum absolute atomic E-state index is 0.0156. The number of aromatic hydroxyl groups is 2. The molecule has 1 saturated heterocycles. The normalized spacial score (nSPS) is 30.4. The van der Waals surface area contributed by atoms with E-state index in [0.29, 0.717) is 5.56 Å². The second kappa shape index (κ2) is 8.33. The molecule has 0 aliphatic carbocycles. The standard InChI is InChI=1S/C21H22O10/c22-8-16-18(26)19(27)20(28)21(31-16)29-11-3-1-9(2-4-11)14-7-13(25)17-12(24)5-10(23)6-15(17)30-14/h1-6,14,16,18-24,26-28H,7-8H2/t14?,16-,18-,19+,20-,21?/m1/s1. The molecule has 10 heteroatoms. The van der Waals surface area contributed by atoms with Crippen LogP contribution < -0.4 is 9.47 Å². The number of benzene rings is 2. The van der Waals surface area contributed by atoms with E-state index < -0.39 is 43.4 Å². The van der Waals surface area contributed by atoms with Crippen molar-refractivity contribution in [2.75, 3.05) is 6.61 Å². The molecule has 0 amide bonds. The Bertz CT molecular complexity index is 957. The number of fused-ring (bicyclic) bond motifs is 1. The summed E-state index contributed by atoms with van der Waals surface area (Å²) in [7, 11) is 0. The van der Waals surface area contributed by atoms with Gasteiger partial charge in [-0.15, -0.1) is 0 Å². The lowest BCUT2D eigenvalue weighted by molar-refractivity contribution is -0.277. The smallest absolute Gasteiger partial charge is 0.229 e. The van der Waals surface area contributed by atoms with Crippen molar-refractivity contribution in [1.29, 1.82) is 0 Å². The summed E-state index contributed by atoms with van der Waals surface area (Å²) in [6, 6.07) is 8.68. The van der Waals surface area contributed by atoms with Gasteiger partial charge in [-0.3, -0.25) is 4.79 Å². The molecule has 0 radical (unpaired) electrons. The molecule has 0 spiro atoms. The number of aliphatic hydroxyl groups excluding tert-OH is 4. The monoisotopic (exact) mass is 434 g/mol. The number of hydrogen-bond acceptors (Lipinski definition) is 10. The molecule has 1 fully saturated rings. The summed E-state index contributed by atoms with van der Waals surface area (Å²) in [5.74, 6) is -0.550. The van der Waals surface area contributed by atoms with Crippen LogP contribution in [0.15, 0.2) is 36.4 Å². The number of phenolic OH excluding ortho intramolecular Hbond substituents is 2. The highest BCUT2D eigenvalue weighted by Crippen LogP contribution is 2.41. The third-order valence-electron chi connectivity index (χ3n) is 5.34. The number of carbonyl (C=O) groups excluding carboxylic acids is 1. The maximum atomic E-state index is 12.4. The molecule has 0 aromatic heterocycles. The van der Waals surface area contributed by atoms with Gasteiger partial charge in [-0.25, -0.2) is 0 Å². The molecule has 6 atom stereocenters. The van der Waals surface area contributed by atoms with E-state index in [9.17, 15) is 35.4 Å². The fraction of sp³-hybridized carbons (Fsp3) is 0.381. The molecule has 31 heavy (non-hydrogen) atoms. The number of hydrogen-bond donors (Lipinski definition) is 6. The summed E-state index contributed by atoms with van der Waals surface area (Å²) >= 11 is 0. The predicted molar refractivity (Wildman–Crippen MR) is 103 cm³/mol. The molecule has 2 aliphatic heterocycles. The lowest BCUT2D eigenvalue weighted by atomic mass is 9.95. The Kier molecular flexibility index (Phi) is 5.73. The first-order valence-corrected chi connectivity index (χ1v) is 9.61. The van der Waals surface area contributed by atoms with Gasteiger partial charge >= 0.3 is 0 Å². The quantitative estimate of drug-likeness (QED) is 0.385. The molecular formula is C21H22O10. The maximum Gasteiger partial charge on any atom is 0.229 e. The Morgan fingerprint density at radius 2 is 1.71 bits per heavy atom. The molecule has 2 heterocycles. The Morgan fingerprint density at radius 1 is 1.00 bits per heavy atom. The number of aliphatic hydroxyl groups is 4. The second-order valence-corrected chi connectivity index (χ2v) is 7.46. The lowest BCUT2D eigenvalue weighted by Gasteiger charge is -2.39. The van der Waals surface area contributed by atoms with E-state index in [1.54, 1.807) is 24.3 Å². The van der Waals surface area contributed by atoms with Crippen molar-refractivity contribution in [3.8, 4) is 23.0 Å². The Balaban J connectivity index is 1.48. The summed E-state index contributed by atoms with van der Waals surface area (Å²) < 4.78 is 16.6. The fourth-order valence-electron chi connectivity index (χ4n) is 3.67. The average Bonchev–Trinajstić information content (AvgIpc) is 2.73. The van der Waals surface area contributed by atoms with Crippen molar-refractivity contribution in [3.63, 3.8) is 0 Å². The first-order valence-electron chi connectivity index (χ1n) is 9.61. The van der Waals surface area contributed by atoms with Crippen molar-refractivity contribution in [2.24, 2.45) is 0 Å². The zero-order chi connectivity index (χ0) is 22.3. The Morgan fingerprint density at radius 3 is 2.39 bits per heavy atom. The number of ketones is 1. The van der Waals surface area contributed by atoms with Crippen molar-refractivity contribution < 1.29 is 49.6 Å². The van der Waals surface area contributed by atoms with Gasteiger partial charge in [0.1, 0.15) is 59.1 Å². The third-order valence-corrected chi connectivity index (χ3v) is 5.34. The summed E-state index contributed by atoms with van der Waals surface area (Å²) in [6.45, 7) is -0.566. The second-order valence-electron chi connectivity index (χ2n) is 7.46. The van der Waals surface area contributed by atoms with Crippen molar-refractivity contribution in [3.05, 3.63) is 47.5 Å². The molecule has 2 unspecified atom stereocenters. The van der Waals surface area contributed by atoms with Crippen LogP contribution in [-0.2, 0) is 4.74 Å². The predicted octanol–water partition coefficient (Wildman–Crippen LogP) is -0.0170. The SMILES string of the molecule is O=C1CC(c2ccc(OC3O[C@H](CO)[C@@H](O)[C@H](O)[C@H]3O)cc2)Oc2cc(O)cc(O)c21. The maximum absolute atomic E-state index is 12.4. The van der Waals surface area contributed by atoms with Gasteiger partial charge in [0.2, 0.25) is 6.29 Å². The van der Waals surface area contributed by atoms with Crippen LogP contribution in [0.5, 0.6) is 23.0 Å². The largest absolute Gasteiger partial charge is 0.508 e. The first-order chi connectivity index (χ1) is 14.8. The number of phenols is 2. The topological polar surface area (TPSA) is 166 Å². The van der Waals surface area contributed by atoms with Gasteiger partial charge in [-0.2, -0.15) is 0 Å². The van der Waals surface area contributed by atoms with Gasteiger partial charge in [0.05, 0.1) is 13.0 Å². The lowest BCUT2D eigenvalue weighted by Crippen LogP contribution is -2.60. The molecule has 0 saturated carbocycles. The molecule has 2 aliphatic rings. The van der Waals surface area contributed by atoms with Crippen LogP contribution in [0, 0.1) is 0 Å². The highest BCUT2D eigenvalue weighted by atomic mass is 16.7. The van der Waals surface area contributed by atoms with Crippen LogP contribution in [0.4, 0.5) is 0 Å². The summed E-state index contributed by atoms with van der Waals surface area (Å²) in [5, 5.41) is 58.5. The number of ether oxygens (including phenoxy) is 3. The number of rotatable bonds is 4. The zero-order valence-corrected chi connectivity index (χ0v) is 16.2. The van der Waals surface area contributed by atoms with E-state index in [4.69, 9.17) is 14.2 Å². The third kappa shape index (κ3) is 4.03. The summed E-state index contributed by atoms with van der Waals surface area (Å²) in [6.07, 6.45) is -7.63. The minimum Gasteiger partial charge on any atom is -0.508 e. The molecule has 6 N–H and O–H groups in total. The highest BCUT2D eigenvalue weighted by molar-refractivity contribution is 6.02. The molecular weight excluding hydrogens is 412 g/mol. The minimum atomic E-state index is -1.55. The van der Waals surface area contributed by atoms with Gasteiger partial charge < -0.3 is 44.8 Å². The zero-order valence-electron chi connectivity index (χ0n) is 16.2. The average molecular weight is 434 g/mol. The van der Waals surface area contributed by atoms with Crippen LogP contribution >= 0.6 is 0 Å². The molecule has 10 nitrogen and oxygen atoms in total. The van der Waals surface area contributed by atoms with Crippen LogP contribution in [0.1, 0.15) is 28.4 Å². The molecule has 2 aromatic rings. The van der Waals surface area contributed by atoms with Crippen LogP contribution in [0.3, 0.4) is 0 Å². The molecule has 166 valence electrons. The molecule has 2 aromatic carbocycles. The fourth-order valence-corrected chi connectivity index (χ4v) is 3.67. The van der Waals surface area contributed by atoms with E-state index >= 15 is 0 Å². The van der Waals surface area contributed by atoms with Crippen molar-refractivity contribution in [2.45, 2.75) is 43.2 Å². The van der Waals surface area contributed by atoms with Gasteiger partial charge in [-0.1, -0.05) is 12.1 Å². The van der Waals surface area contributed by atoms with E-state index in [1.807, 2.05) is 0 Å². The van der Waals surface area contributed by atoms with Gasteiger partial charge in [0.15, 0.2) is 5.78 Å². The molecule has 0 bridgehead atoms. The van der Waals surface area contributed by atoms with E-state index in [2.05, 4.69) is 0 Å². The van der Waals surface area contributed by atoms with E-state index in [-0.39, 0.29) is 40.8 Å². The number of Topliss-reactive ketones (excluding diaryl/α,β-unsaturated/α-hetero) is 1. The van der Waals surface area contributed by atoms with Crippen LogP contribution in [0.25, 0.3) is 0 Å². The Labute approximate surface area is 176 Å². The summed E-state index contributed by atoms with van der Waals surface area (Å²) in [4.78, 5) is 12.4. The van der Waals surface area contributed by atoms with Gasteiger partial charge in [-0.05, 0) is 17.7 Å². The van der Waals surface area contributed by atoms with Crippen molar-refractivity contribution in [1.82, 2.24) is 0 Å². The first kappa shape index (κ1) is 21.3. The highest BCUT2D eigenvalue weighted by Gasteiger charge is 2.44. The summed E-state index contributed by atoms with van der Waals surface area (Å²) in [5.41, 5.74) is 0.652. The molecule has 4 rings (SSSR count). The van der Waals surface area contributed by atoms with E-state index in [0.717, 1.165) is 6.07 Å². The van der Waals surface area contributed by atoms with Crippen LogP contribution in [0.2, 0.25) is 0 Å². The number of carbonyl (C=O) groups is 1. The van der Waals surface area contributed by atoms with Gasteiger partial charge in [0, 0.05) is 12.1 Å². The van der Waals surface area contributed by atoms with Crippen molar-refractivity contribution >= 4 is 5.78 Å². The Hall–Kier alpha value is -2.89. The van der Waals surface area contributed by atoms with Gasteiger partial charge in [0.25, 0.3) is 0 Å². The van der Waals surface area contributed by atoms with Crippen LogP contribution in [-0.4, -0.2) is 73.7 Å².